The summed E-state index contributed by atoms with van der Waals surface area (Å²) in [6, 6.07) is 3.71. The molecule has 1 aromatic rings. The van der Waals surface area contributed by atoms with Crippen LogP contribution < -0.4 is 5.32 Å². The van der Waals surface area contributed by atoms with E-state index in [9.17, 15) is 14.4 Å². The van der Waals surface area contributed by atoms with Crippen LogP contribution in [0.5, 0.6) is 0 Å². The molecule has 1 amide bonds. The Morgan fingerprint density at radius 1 is 1.08 bits per heavy atom. The third kappa shape index (κ3) is 4.04. The third-order valence-electron chi connectivity index (χ3n) is 4.35. The molecule has 0 fully saturated rings. The number of hydrogen-bond donors (Lipinski definition) is 1. The van der Waals surface area contributed by atoms with E-state index in [0.717, 1.165) is 5.56 Å². The lowest BCUT2D eigenvalue weighted by atomic mass is 9.84. The number of aromatic nitrogens is 1. The molecule has 1 aliphatic rings. The monoisotopic (exact) mass is 326 g/mol. The van der Waals surface area contributed by atoms with Crippen LogP contribution in [0.1, 0.15) is 45.6 Å². The molecule has 0 bridgehead atoms. The maximum atomic E-state index is 12.3. The lowest BCUT2D eigenvalue weighted by molar-refractivity contribution is -0.121. The number of amides is 1. The first-order chi connectivity index (χ1) is 11.4. The molecular weight excluding hydrogens is 304 g/mol. The van der Waals surface area contributed by atoms with E-state index in [1.807, 2.05) is 12.1 Å². The van der Waals surface area contributed by atoms with Crippen molar-refractivity contribution in [3.63, 3.8) is 0 Å². The summed E-state index contributed by atoms with van der Waals surface area (Å²) in [6.07, 6.45) is 4.69. The number of nitrogens with one attached hydrogen (secondary N) is 1. The summed E-state index contributed by atoms with van der Waals surface area (Å²) in [4.78, 5) is 40.3. The first-order valence-electron chi connectivity index (χ1n) is 8.04. The summed E-state index contributed by atoms with van der Waals surface area (Å²) in [5.74, 6) is -0.210. The van der Waals surface area contributed by atoms with Gasteiger partial charge < -0.3 is 5.32 Å². The number of rotatable bonds is 6. The molecule has 1 aliphatic carbocycles. The molecule has 0 saturated carbocycles. The Kier molecular flexibility index (Phi) is 5.79. The highest BCUT2D eigenvalue weighted by molar-refractivity contribution is 6.24. The number of Topliss-reactive ketones (excluding diaryl/α,β-unsaturated/α-hetero) is 2. The molecule has 0 atom stereocenters. The van der Waals surface area contributed by atoms with E-state index >= 15 is 0 Å². The molecule has 1 heterocycles. The van der Waals surface area contributed by atoms with Crippen molar-refractivity contribution < 1.29 is 14.4 Å². The van der Waals surface area contributed by atoms with Gasteiger partial charge in [-0.2, -0.15) is 0 Å². The van der Waals surface area contributed by atoms with Crippen molar-refractivity contribution in [2.45, 2.75) is 46.6 Å². The van der Waals surface area contributed by atoms with Crippen molar-refractivity contribution in [3.05, 3.63) is 52.4 Å². The van der Waals surface area contributed by atoms with Crippen molar-refractivity contribution in [3.8, 4) is 0 Å². The molecule has 0 unspecified atom stereocenters. The van der Waals surface area contributed by atoms with Crippen LogP contribution >= 0.6 is 0 Å². The van der Waals surface area contributed by atoms with Gasteiger partial charge in [-0.3, -0.25) is 19.4 Å². The highest BCUT2D eigenvalue weighted by atomic mass is 16.2. The normalized spacial score (nSPS) is 15.1. The van der Waals surface area contributed by atoms with Gasteiger partial charge in [-0.15, -0.1) is 0 Å². The fraction of sp³-hybridized carbons (Fsp3) is 0.368. The molecule has 5 heteroatoms. The Labute approximate surface area is 141 Å². The zero-order chi connectivity index (χ0) is 17.7. The Bertz CT molecular complexity index is 730. The number of carbonyl (C=O) groups is 3. The average molecular weight is 326 g/mol. The van der Waals surface area contributed by atoms with Gasteiger partial charge in [0.1, 0.15) is 0 Å². The minimum Gasteiger partial charge on any atom is -0.352 e. The quantitative estimate of drug-likeness (QED) is 0.816. The van der Waals surface area contributed by atoms with Gasteiger partial charge in [-0.25, -0.2) is 0 Å². The van der Waals surface area contributed by atoms with E-state index in [1.165, 1.54) is 0 Å². The van der Waals surface area contributed by atoms with Gasteiger partial charge in [0.25, 0.3) is 0 Å². The van der Waals surface area contributed by atoms with Gasteiger partial charge in [0.2, 0.25) is 5.91 Å². The van der Waals surface area contributed by atoms with Crippen LogP contribution in [-0.2, 0) is 20.9 Å². The summed E-state index contributed by atoms with van der Waals surface area (Å²) in [7, 11) is 0. The predicted molar refractivity (Wildman–Crippen MR) is 91.0 cm³/mol. The van der Waals surface area contributed by atoms with Crippen molar-refractivity contribution in [1.82, 2.24) is 10.3 Å². The van der Waals surface area contributed by atoms with Gasteiger partial charge >= 0.3 is 0 Å². The van der Waals surface area contributed by atoms with Crippen molar-refractivity contribution in [1.29, 1.82) is 0 Å². The Hall–Kier alpha value is -2.56. The van der Waals surface area contributed by atoms with Gasteiger partial charge in [0, 0.05) is 47.7 Å². The molecule has 0 aliphatic heterocycles. The summed E-state index contributed by atoms with van der Waals surface area (Å²) in [5, 5.41) is 2.83. The Morgan fingerprint density at radius 2 is 1.79 bits per heavy atom. The van der Waals surface area contributed by atoms with Crippen LogP contribution in [0, 0.1) is 0 Å². The number of ketones is 2. The molecule has 5 nitrogen and oxygen atoms in total. The van der Waals surface area contributed by atoms with Crippen LogP contribution in [0.3, 0.4) is 0 Å². The predicted octanol–water partition coefficient (Wildman–Crippen LogP) is 2.67. The summed E-state index contributed by atoms with van der Waals surface area (Å²) in [6.45, 7) is 5.49. The highest BCUT2D eigenvalue weighted by Crippen LogP contribution is 2.27. The zero-order valence-electron chi connectivity index (χ0n) is 14.3. The van der Waals surface area contributed by atoms with E-state index in [0.29, 0.717) is 48.1 Å². The molecular formula is C19H22N2O3. The number of carbonyl (C=O) groups excluding carboxylic acids is 3. The molecule has 2 rings (SSSR count). The second kappa shape index (κ2) is 7.81. The summed E-state index contributed by atoms with van der Waals surface area (Å²) >= 11 is 0. The van der Waals surface area contributed by atoms with Crippen molar-refractivity contribution in [2.75, 3.05) is 0 Å². The van der Waals surface area contributed by atoms with E-state index in [2.05, 4.69) is 10.3 Å². The molecule has 0 radical (unpaired) electrons. The van der Waals surface area contributed by atoms with E-state index < -0.39 is 0 Å². The molecule has 24 heavy (non-hydrogen) atoms. The highest BCUT2D eigenvalue weighted by Gasteiger charge is 2.27. The summed E-state index contributed by atoms with van der Waals surface area (Å²) < 4.78 is 0. The van der Waals surface area contributed by atoms with Crippen LogP contribution in [0.2, 0.25) is 0 Å². The molecule has 1 aromatic heterocycles. The van der Waals surface area contributed by atoms with Crippen molar-refractivity contribution >= 4 is 17.5 Å². The second-order valence-electron chi connectivity index (χ2n) is 6.00. The Balaban J connectivity index is 1.84. The smallest absolute Gasteiger partial charge is 0.220 e. The summed E-state index contributed by atoms with van der Waals surface area (Å²) in [5.41, 5.74) is 3.04. The molecule has 1 N–H and O–H groups in total. The van der Waals surface area contributed by atoms with Gasteiger partial charge in [-0.1, -0.05) is 6.07 Å². The molecule has 126 valence electrons. The average Bonchev–Trinajstić information content (AvgIpc) is 2.60. The first kappa shape index (κ1) is 17.8. The second-order valence-corrected chi connectivity index (χ2v) is 6.00. The standard InChI is InChI=1S/C19H22N2O3/c1-12-13(2)19(24)16(14(3)18(12)23)7-4-8-17(22)21-11-15-6-5-9-20-10-15/h5-6,9-10H,4,7-8,11H2,1-3H3,(H,21,22). The SMILES string of the molecule is CC1=C(C)C(=O)C(CCCC(=O)NCc2cccnc2)=C(C)C1=O. The largest absolute Gasteiger partial charge is 0.352 e. The molecule has 0 saturated heterocycles. The van der Waals surface area contributed by atoms with E-state index in [-0.39, 0.29) is 17.5 Å². The first-order valence-corrected chi connectivity index (χ1v) is 8.04. The molecule has 0 aromatic carbocycles. The minimum absolute atomic E-state index is 0.0665. The van der Waals surface area contributed by atoms with Crippen LogP contribution in [0.15, 0.2) is 46.8 Å². The van der Waals surface area contributed by atoms with Gasteiger partial charge in [0.05, 0.1) is 0 Å². The van der Waals surface area contributed by atoms with Crippen molar-refractivity contribution in [2.24, 2.45) is 0 Å². The number of allylic oxidation sites excluding steroid dienone is 4. The zero-order valence-corrected chi connectivity index (χ0v) is 14.3. The van der Waals surface area contributed by atoms with Crippen LogP contribution in [0.25, 0.3) is 0 Å². The van der Waals surface area contributed by atoms with Gasteiger partial charge in [-0.05, 0) is 45.2 Å². The number of pyridine rings is 1. The lowest BCUT2D eigenvalue weighted by Gasteiger charge is -2.18. The van der Waals surface area contributed by atoms with Gasteiger partial charge in [0.15, 0.2) is 11.6 Å². The number of nitrogens with zero attached hydrogens (tertiary/aromatic N) is 1. The minimum atomic E-state index is -0.0739. The maximum absolute atomic E-state index is 12.3. The van der Waals surface area contributed by atoms with Crippen LogP contribution in [0.4, 0.5) is 0 Å². The maximum Gasteiger partial charge on any atom is 0.220 e. The van der Waals surface area contributed by atoms with Crippen LogP contribution in [-0.4, -0.2) is 22.5 Å². The topological polar surface area (TPSA) is 76.1 Å². The number of hydrogen-bond acceptors (Lipinski definition) is 4. The fourth-order valence-corrected chi connectivity index (χ4v) is 2.67. The third-order valence-corrected chi connectivity index (χ3v) is 4.35. The van der Waals surface area contributed by atoms with E-state index in [1.54, 1.807) is 33.2 Å². The fourth-order valence-electron chi connectivity index (χ4n) is 2.67. The lowest BCUT2D eigenvalue weighted by Crippen LogP contribution is -2.23. The van der Waals surface area contributed by atoms with E-state index in [4.69, 9.17) is 0 Å². The molecule has 0 spiro atoms. The Morgan fingerprint density at radius 3 is 2.46 bits per heavy atom.